The van der Waals surface area contributed by atoms with Gasteiger partial charge in [-0.15, -0.1) is 0 Å². The van der Waals surface area contributed by atoms with Crippen LogP contribution in [0.4, 0.5) is 0 Å². The first-order chi connectivity index (χ1) is 11.2. The number of pyridine rings is 1. The van der Waals surface area contributed by atoms with Crippen molar-refractivity contribution < 1.29 is 4.79 Å². The minimum absolute atomic E-state index is 0.0134. The third-order valence-corrected chi connectivity index (χ3v) is 5.56. The number of carbonyl (C=O) groups is 1. The maximum atomic E-state index is 12.5. The summed E-state index contributed by atoms with van der Waals surface area (Å²) < 4.78 is 0. The Kier molecular flexibility index (Phi) is 5.31. The van der Waals surface area contributed by atoms with Crippen LogP contribution in [-0.2, 0) is 0 Å². The highest BCUT2D eigenvalue weighted by Gasteiger charge is 2.38. The van der Waals surface area contributed by atoms with Crippen LogP contribution in [0.25, 0.3) is 0 Å². The summed E-state index contributed by atoms with van der Waals surface area (Å²) in [7, 11) is 0. The lowest BCUT2D eigenvalue weighted by atomic mass is 9.79. The first kappa shape index (κ1) is 16.4. The van der Waals surface area contributed by atoms with Gasteiger partial charge in [0.15, 0.2) is 0 Å². The molecule has 1 aromatic rings. The molecular weight excluding hydrogens is 286 g/mol. The topological polar surface area (TPSA) is 45.2 Å². The van der Waals surface area contributed by atoms with Crippen molar-refractivity contribution in [1.29, 1.82) is 0 Å². The SMILES string of the molecule is Cc1ccc(C(=O)NCC2(N3CCCCC3)CCCCC2)cn1. The number of rotatable bonds is 4. The third kappa shape index (κ3) is 3.92. The Bertz CT molecular complexity index is 514. The fourth-order valence-corrected chi connectivity index (χ4v) is 4.13. The average Bonchev–Trinajstić information content (AvgIpc) is 2.62. The predicted octanol–water partition coefficient (Wildman–Crippen LogP) is 3.31. The molecule has 126 valence electrons. The summed E-state index contributed by atoms with van der Waals surface area (Å²) in [6, 6.07) is 3.77. The third-order valence-electron chi connectivity index (χ3n) is 5.56. The molecule has 0 radical (unpaired) electrons. The number of piperidine rings is 1. The van der Waals surface area contributed by atoms with E-state index in [2.05, 4.69) is 15.2 Å². The van der Waals surface area contributed by atoms with Gasteiger partial charge in [0.1, 0.15) is 0 Å². The van der Waals surface area contributed by atoms with Gasteiger partial charge in [0.25, 0.3) is 5.91 Å². The number of amides is 1. The Morgan fingerprint density at radius 1 is 1.13 bits per heavy atom. The van der Waals surface area contributed by atoms with Crippen LogP contribution >= 0.6 is 0 Å². The van der Waals surface area contributed by atoms with Gasteiger partial charge in [0.2, 0.25) is 0 Å². The minimum Gasteiger partial charge on any atom is -0.350 e. The molecule has 0 aromatic carbocycles. The lowest BCUT2D eigenvalue weighted by Gasteiger charge is -2.48. The molecule has 0 spiro atoms. The number of hydrogen-bond donors (Lipinski definition) is 1. The molecule has 2 heterocycles. The van der Waals surface area contributed by atoms with Crippen molar-refractivity contribution in [2.45, 2.75) is 63.8 Å². The molecule has 2 fully saturated rings. The van der Waals surface area contributed by atoms with Gasteiger partial charge in [0.05, 0.1) is 5.56 Å². The fraction of sp³-hybridized carbons (Fsp3) is 0.684. The highest BCUT2D eigenvalue weighted by molar-refractivity contribution is 5.93. The summed E-state index contributed by atoms with van der Waals surface area (Å²) in [6.07, 6.45) is 12.0. The van der Waals surface area contributed by atoms with Gasteiger partial charge in [-0.2, -0.15) is 0 Å². The molecule has 2 aliphatic rings. The molecule has 1 saturated heterocycles. The maximum absolute atomic E-state index is 12.5. The van der Waals surface area contributed by atoms with Crippen LogP contribution in [0.2, 0.25) is 0 Å². The zero-order valence-electron chi connectivity index (χ0n) is 14.3. The van der Waals surface area contributed by atoms with E-state index in [1.807, 2.05) is 19.1 Å². The Morgan fingerprint density at radius 2 is 1.83 bits per heavy atom. The quantitative estimate of drug-likeness (QED) is 0.927. The van der Waals surface area contributed by atoms with Crippen molar-refractivity contribution in [2.24, 2.45) is 0 Å². The normalized spacial score (nSPS) is 21.8. The molecule has 4 nitrogen and oxygen atoms in total. The van der Waals surface area contributed by atoms with Crippen LogP contribution in [0.15, 0.2) is 18.3 Å². The zero-order chi connectivity index (χ0) is 16.1. The lowest BCUT2D eigenvalue weighted by molar-refractivity contribution is 0.0326. The van der Waals surface area contributed by atoms with Crippen molar-refractivity contribution in [3.8, 4) is 0 Å². The van der Waals surface area contributed by atoms with E-state index in [-0.39, 0.29) is 11.4 Å². The van der Waals surface area contributed by atoms with E-state index in [4.69, 9.17) is 0 Å². The van der Waals surface area contributed by atoms with Gasteiger partial charge in [-0.05, 0) is 57.8 Å². The molecule has 1 aliphatic heterocycles. The van der Waals surface area contributed by atoms with Gasteiger partial charge >= 0.3 is 0 Å². The van der Waals surface area contributed by atoms with Crippen molar-refractivity contribution in [3.05, 3.63) is 29.6 Å². The molecule has 1 N–H and O–H groups in total. The van der Waals surface area contributed by atoms with Crippen LogP contribution in [0.1, 0.15) is 67.4 Å². The standard InChI is InChI=1S/C19H29N3O/c1-16-8-9-17(14-20-16)18(23)21-15-19(10-4-2-5-11-19)22-12-6-3-7-13-22/h8-9,14H,2-7,10-13,15H2,1H3,(H,21,23). The molecule has 1 aromatic heterocycles. The van der Waals surface area contributed by atoms with E-state index < -0.39 is 0 Å². The predicted molar refractivity (Wildman–Crippen MR) is 92.5 cm³/mol. The van der Waals surface area contributed by atoms with E-state index in [0.29, 0.717) is 5.56 Å². The molecule has 1 amide bonds. The summed E-state index contributed by atoms with van der Waals surface area (Å²) in [4.78, 5) is 19.4. The molecule has 0 unspecified atom stereocenters. The molecule has 23 heavy (non-hydrogen) atoms. The molecule has 3 rings (SSSR count). The Morgan fingerprint density at radius 3 is 2.48 bits per heavy atom. The average molecular weight is 315 g/mol. The van der Waals surface area contributed by atoms with Crippen molar-refractivity contribution >= 4 is 5.91 Å². The molecular formula is C19H29N3O. The second-order valence-corrected chi connectivity index (χ2v) is 7.20. The largest absolute Gasteiger partial charge is 0.350 e. The van der Waals surface area contributed by atoms with Crippen LogP contribution < -0.4 is 5.32 Å². The molecule has 4 heteroatoms. The van der Waals surface area contributed by atoms with E-state index in [9.17, 15) is 4.79 Å². The zero-order valence-corrected chi connectivity index (χ0v) is 14.3. The van der Waals surface area contributed by atoms with Crippen molar-refractivity contribution in [2.75, 3.05) is 19.6 Å². The molecule has 1 saturated carbocycles. The summed E-state index contributed by atoms with van der Waals surface area (Å²) in [5.41, 5.74) is 1.80. The minimum atomic E-state index is 0.0134. The molecule has 0 bridgehead atoms. The smallest absolute Gasteiger partial charge is 0.252 e. The number of likely N-dealkylation sites (tertiary alicyclic amines) is 1. The highest BCUT2D eigenvalue weighted by atomic mass is 16.1. The second-order valence-electron chi connectivity index (χ2n) is 7.20. The van der Waals surface area contributed by atoms with Gasteiger partial charge in [-0.1, -0.05) is 25.7 Å². The first-order valence-electron chi connectivity index (χ1n) is 9.16. The Hall–Kier alpha value is -1.42. The number of nitrogens with zero attached hydrogens (tertiary/aromatic N) is 2. The van der Waals surface area contributed by atoms with E-state index in [1.54, 1.807) is 6.20 Å². The fourth-order valence-electron chi connectivity index (χ4n) is 4.13. The number of nitrogens with one attached hydrogen (secondary N) is 1. The van der Waals surface area contributed by atoms with Gasteiger partial charge in [-0.3, -0.25) is 14.7 Å². The number of aryl methyl sites for hydroxylation is 1. The van der Waals surface area contributed by atoms with Crippen molar-refractivity contribution in [3.63, 3.8) is 0 Å². The summed E-state index contributed by atoms with van der Waals surface area (Å²) in [5.74, 6) is 0.0134. The highest BCUT2D eigenvalue weighted by Crippen LogP contribution is 2.35. The van der Waals surface area contributed by atoms with Gasteiger partial charge in [-0.25, -0.2) is 0 Å². The number of hydrogen-bond acceptors (Lipinski definition) is 3. The Balaban J connectivity index is 1.66. The van der Waals surface area contributed by atoms with Crippen LogP contribution in [-0.4, -0.2) is 41.0 Å². The number of carbonyl (C=O) groups excluding carboxylic acids is 1. The van der Waals surface area contributed by atoms with E-state index in [0.717, 1.165) is 12.2 Å². The van der Waals surface area contributed by atoms with E-state index >= 15 is 0 Å². The van der Waals surface area contributed by atoms with E-state index in [1.165, 1.54) is 64.5 Å². The summed E-state index contributed by atoms with van der Waals surface area (Å²) in [6.45, 7) is 5.11. The lowest BCUT2D eigenvalue weighted by Crippen LogP contribution is -2.58. The first-order valence-corrected chi connectivity index (χ1v) is 9.16. The maximum Gasteiger partial charge on any atom is 0.252 e. The summed E-state index contributed by atoms with van der Waals surface area (Å²) >= 11 is 0. The monoisotopic (exact) mass is 315 g/mol. The van der Waals surface area contributed by atoms with Crippen molar-refractivity contribution in [1.82, 2.24) is 15.2 Å². The summed E-state index contributed by atoms with van der Waals surface area (Å²) in [5, 5.41) is 3.21. The van der Waals surface area contributed by atoms with Crippen LogP contribution in [0.3, 0.4) is 0 Å². The Labute approximate surface area is 139 Å². The van der Waals surface area contributed by atoms with Crippen LogP contribution in [0.5, 0.6) is 0 Å². The second kappa shape index (κ2) is 7.43. The van der Waals surface area contributed by atoms with Crippen LogP contribution in [0, 0.1) is 6.92 Å². The molecule has 0 atom stereocenters. The molecule has 1 aliphatic carbocycles. The van der Waals surface area contributed by atoms with Gasteiger partial charge < -0.3 is 5.32 Å². The van der Waals surface area contributed by atoms with Gasteiger partial charge in [0, 0.05) is 24.0 Å². The number of aromatic nitrogens is 1.